The highest BCUT2D eigenvalue weighted by Gasteiger charge is 2.06. The highest BCUT2D eigenvalue weighted by atomic mass is 15.0. The summed E-state index contributed by atoms with van der Waals surface area (Å²) in [5.74, 6) is 0. The SMILES string of the molecule is C1=Cc2cc3ccc(cc4cc(-n5ccnc5)c(cc5nc(cc1n2)C=C5)[nH]4)[nH]3. The number of fused-ring (bicyclic) bond motifs is 8. The largest absolute Gasteiger partial charge is 0.355 e. The first-order valence-corrected chi connectivity index (χ1v) is 9.35. The first kappa shape index (κ1) is 15.8. The summed E-state index contributed by atoms with van der Waals surface area (Å²) in [6.45, 7) is 0. The molecule has 4 aromatic heterocycles. The maximum atomic E-state index is 4.72. The Morgan fingerprint density at radius 1 is 0.655 bits per heavy atom. The van der Waals surface area contributed by atoms with Crippen molar-refractivity contribution >= 4 is 46.4 Å². The van der Waals surface area contributed by atoms with E-state index in [1.165, 1.54) is 0 Å². The third-order valence-corrected chi connectivity index (χ3v) is 4.93. The van der Waals surface area contributed by atoms with Crippen molar-refractivity contribution in [3.05, 3.63) is 84.0 Å². The summed E-state index contributed by atoms with van der Waals surface area (Å²) in [6.07, 6.45) is 13.5. The van der Waals surface area contributed by atoms with Gasteiger partial charge in [-0.2, -0.15) is 0 Å². The fraction of sp³-hybridized carbons (Fsp3) is 0. The number of aromatic nitrogens is 6. The number of nitrogens with one attached hydrogen (secondary N) is 2. The Kier molecular flexibility index (Phi) is 3.37. The highest BCUT2D eigenvalue weighted by Crippen LogP contribution is 2.21. The topological polar surface area (TPSA) is 75.2 Å². The second-order valence-electron chi connectivity index (χ2n) is 7.03. The van der Waals surface area contributed by atoms with E-state index in [-0.39, 0.29) is 0 Å². The number of H-pyrrole nitrogens is 2. The molecule has 0 amide bonds. The van der Waals surface area contributed by atoms with Crippen molar-refractivity contribution < 1.29 is 0 Å². The fourth-order valence-corrected chi connectivity index (χ4v) is 3.62. The second kappa shape index (κ2) is 6.17. The van der Waals surface area contributed by atoms with Gasteiger partial charge in [-0.25, -0.2) is 15.0 Å². The molecule has 6 nitrogen and oxygen atoms in total. The van der Waals surface area contributed by atoms with Gasteiger partial charge in [0.2, 0.25) is 0 Å². The van der Waals surface area contributed by atoms with Crippen LogP contribution in [0.25, 0.3) is 52.1 Å². The molecule has 8 bridgehead atoms. The predicted octanol–water partition coefficient (Wildman–Crippen LogP) is 4.84. The molecule has 0 aliphatic carbocycles. The Bertz CT molecular complexity index is 1450. The van der Waals surface area contributed by atoms with Crippen molar-refractivity contribution in [1.29, 1.82) is 0 Å². The van der Waals surface area contributed by atoms with E-state index in [9.17, 15) is 0 Å². The molecule has 0 spiro atoms. The molecule has 0 radical (unpaired) electrons. The summed E-state index contributed by atoms with van der Waals surface area (Å²) in [7, 11) is 0. The molecule has 2 aliphatic rings. The van der Waals surface area contributed by atoms with Gasteiger partial charge in [-0.15, -0.1) is 0 Å². The van der Waals surface area contributed by atoms with E-state index in [1.54, 1.807) is 12.5 Å². The number of aromatic amines is 2. The van der Waals surface area contributed by atoms with E-state index in [2.05, 4.69) is 44.2 Å². The van der Waals surface area contributed by atoms with Gasteiger partial charge < -0.3 is 14.5 Å². The molecule has 0 unspecified atom stereocenters. The zero-order valence-corrected chi connectivity index (χ0v) is 15.4. The molecule has 6 rings (SSSR count). The van der Waals surface area contributed by atoms with E-state index in [0.29, 0.717) is 0 Å². The minimum atomic E-state index is 0.887. The van der Waals surface area contributed by atoms with Gasteiger partial charge in [-0.3, -0.25) is 0 Å². The monoisotopic (exact) mass is 376 g/mol. The molecule has 0 saturated carbocycles. The van der Waals surface area contributed by atoms with Crippen LogP contribution in [-0.4, -0.2) is 29.5 Å². The number of nitrogens with zero attached hydrogens (tertiary/aromatic N) is 4. The molecular weight excluding hydrogens is 360 g/mol. The average Bonchev–Trinajstić information content (AvgIpc) is 3.50. The van der Waals surface area contributed by atoms with Gasteiger partial charge >= 0.3 is 0 Å². The van der Waals surface area contributed by atoms with Crippen LogP contribution in [0.5, 0.6) is 0 Å². The van der Waals surface area contributed by atoms with Gasteiger partial charge in [0, 0.05) is 28.9 Å². The predicted molar refractivity (Wildman–Crippen MR) is 116 cm³/mol. The first-order chi connectivity index (χ1) is 14.3. The van der Waals surface area contributed by atoms with Crippen LogP contribution in [0, 0.1) is 0 Å². The number of imidazole rings is 1. The van der Waals surface area contributed by atoms with E-state index >= 15 is 0 Å². The summed E-state index contributed by atoms with van der Waals surface area (Å²) in [5, 5.41) is 0. The minimum Gasteiger partial charge on any atom is -0.355 e. The van der Waals surface area contributed by atoms with Crippen LogP contribution in [0.2, 0.25) is 0 Å². The quantitative estimate of drug-likeness (QED) is 0.431. The van der Waals surface area contributed by atoms with E-state index in [1.807, 2.05) is 53.3 Å². The lowest BCUT2D eigenvalue weighted by molar-refractivity contribution is 1.07. The van der Waals surface area contributed by atoms with Gasteiger partial charge in [0.15, 0.2) is 0 Å². The second-order valence-corrected chi connectivity index (χ2v) is 7.03. The van der Waals surface area contributed by atoms with Crippen molar-refractivity contribution in [2.45, 2.75) is 0 Å². The van der Waals surface area contributed by atoms with Gasteiger partial charge in [-0.1, -0.05) is 0 Å². The molecule has 6 heteroatoms. The van der Waals surface area contributed by atoms with Crippen LogP contribution in [0.1, 0.15) is 22.8 Å². The van der Waals surface area contributed by atoms with Crippen LogP contribution < -0.4 is 0 Å². The molecular formula is C23H16N6. The van der Waals surface area contributed by atoms with Crippen molar-refractivity contribution in [2.24, 2.45) is 0 Å². The van der Waals surface area contributed by atoms with E-state index < -0.39 is 0 Å². The maximum absolute atomic E-state index is 4.72. The Hall–Kier alpha value is -4.19. The molecule has 0 atom stereocenters. The lowest BCUT2D eigenvalue weighted by atomic mass is 10.3. The number of hydrogen-bond acceptors (Lipinski definition) is 3. The highest BCUT2D eigenvalue weighted by molar-refractivity contribution is 5.80. The maximum Gasteiger partial charge on any atom is 0.0992 e. The smallest absolute Gasteiger partial charge is 0.0992 e. The molecule has 2 N–H and O–H groups in total. The molecule has 4 aromatic rings. The fourth-order valence-electron chi connectivity index (χ4n) is 3.62. The lowest BCUT2D eigenvalue weighted by Crippen LogP contribution is -1.87. The van der Waals surface area contributed by atoms with Gasteiger partial charge in [-0.05, 0) is 66.8 Å². The normalized spacial score (nSPS) is 12.6. The number of rotatable bonds is 1. The van der Waals surface area contributed by atoms with Crippen LogP contribution in [0.15, 0.2) is 61.2 Å². The van der Waals surface area contributed by atoms with Crippen LogP contribution in [0.3, 0.4) is 0 Å². The van der Waals surface area contributed by atoms with E-state index in [0.717, 1.165) is 50.5 Å². The van der Waals surface area contributed by atoms with Crippen LogP contribution >= 0.6 is 0 Å². The third kappa shape index (κ3) is 2.96. The van der Waals surface area contributed by atoms with Crippen molar-refractivity contribution in [3.63, 3.8) is 0 Å². The first-order valence-electron chi connectivity index (χ1n) is 9.35. The van der Waals surface area contributed by atoms with Crippen molar-refractivity contribution in [3.8, 4) is 5.69 Å². The lowest BCUT2D eigenvalue weighted by Gasteiger charge is -1.97. The zero-order chi connectivity index (χ0) is 19.2. The van der Waals surface area contributed by atoms with Crippen LogP contribution in [-0.2, 0) is 0 Å². The molecule has 138 valence electrons. The number of hydrogen-bond donors (Lipinski definition) is 2. The third-order valence-electron chi connectivity index (χ3n) is 4.93. The molecule has 2 aliphatic heterocycles. The molecule has 29 heavy (non-hydrogen) atoms. The molecule has 0 aromatic carbocycles. The summed E-state index contributed by atoms with van der Waals surface area (Å²) in [4.78, 5) is 20.5. The molecule has 6 heterocycles. The average molecular weight is 376 g/mol. The summed E-state index contributed by atoms with van der Waals surface area (Å²) in [5.41, 5.74) is 8.59. The Morgan fingerprint density at radius 3 is 2.07 bits per heavy atom. The Labute approximate surface area is 166 Å². The van der Waals surface area contributed by atoms with Crippen LogP contribution in [0.4, 0.5) is 0 Å². The summed E-state index contributed by atoms with van der Waals surface area (Å²) < 4.78 is 1.99. The Balaban J connectivity index is 1.70. The van der Waals surface area contributed by atoms with Gasteiger partial charge in [0.1, 0.15) is 0 Å². The van der Waals surface area contributed by atoms with Crippen molar-refractivity contribution in [2.75, 3.05) is 0 Å². The zero-order valence-electron chi connectivity index (χ0n) is 15.4. The minimum absolute atomic E-state index is 0.887. The van der Waals surface area contributed by atoms with Gasteiger partial charge in [0.25, 0.3) is 0 Å². The standard InChI is InChI=1S/C23H16N6/c1-2-16-10-18-5-6-20(27-18)12-22-23(29-8-7-24-14-29)13-21(28-22)11-19-4-3-17(26-19)9-15(1)25-16/h1-14,26,28H. The Morgan fingerprint density at radius 2 is 1.34 bits per heavy atom. The molecule has 0 saturated heterocycles. The summed E-state index contributed by atoms with van der Waals surface area (Å²) >= 11 is 0. The summed E-state index contributed by atoms with van der Waals surface area (Å²) in [6, 6.07) is 14.4. The van der Waals surface area contributed by atoms with Crippen molar-refractivity contribution in [1.82, 2.24) is 29.5 Å². The van der Waals surface area contributed by atoms with E-state index in [4.69, 9.17) is 4.98 Å². The van der Waals surface area contributed by atoms with Gasteiger partial charge in [0.05, 0.1) is 40.3 Å². The molecule has 0 fully saturated rings.